The Morgan fingerprint density at radius 3 is 2.28 bits per heavy atom. The van der Waals surface area contributed by atoms with Gasteiger partial charge in [0.2, 0.25) is 11.0 Å². The molecule has 0 saturated carbocycles. The molecule has 2 unspecified atom stereocenters. The minimum Gasteiger partial charge on any atom is -0.619 e. The van der Waals surface area contributed by atoms with Crippen molar-refractivity contribution in [2.24, 2.45) is 0 Å². The largest absolute Gasteiger partial charge is 0.619 e. The average Bonchev–Trinajstić information content (AvgIpc) is 2.65. The van der Waals surface area contributed by atoms with Gasteiger partial charge in [0.15, 0.2) is 11.8 Å². The second kappa shape index (κ2) is 8.63. The summed E-state index contributed by atoms with van der Waals surface area (Å²) in [6.07, 6.45) is 0.0172. The molecule has 3 N–H and O–H groups in total. The third-order valence-electron chi connectivity index (χ3n) is 3.65. The first-order valence-electron chi connectivity index (χ1n) is 7.48. The zero-order valence-electron chi connectivity index (χ0n) is 13.5. The zero-order chi connectivity index (χ0) is 18.4. The first-order valence-corrected chi connectivity index (χ1v) is 8.63. The number of carbonyl (C=O) groups excluding carboxylic acids is 2. The average molecular weight is 362 g/mol. The number of hydroxylamine groups is 2. The van der Waals surface area contributed by atoms with Gasteiger partial charge in [-0.3, -0.25) is 19.3 Å². The molecule has 25 heavy (non-hydrogen) atoms. The van der Waals surface area contributed by atoms with Gasteiger partial charge in [-0.2, -0.15) is 4.21 Å². The number of hydrogen-bond donors (Lipinski definition) is 3. The zero-order valence-corrected chi connectivity index (χ0v) is 14.3. The fourth-order valence-electron chi connectivity index (χ4n) is 2.27. The van der Waals surface area contributed by atoms with Crippen LogP contribution in [0.1, 0.15) is 22.8 Å². The standard InChI is InChI=1S/C17H18N2O5S/c1-12(20)14-7-9-15(10-8-14)25(24)19(23)16(17(21)18-22)11-13-5-3-2-4-6-13/h2-10,16,19,22H,11H2,1H3,(H,18,21)/t16-,25?/m1/s1. The van der Waals surface area contributed by atoms with Crippen LogP contribution in [0.2, 0.25) is 0 Å². The van der Waals surface area contributed by atoms with Crippen molar-refractivity contribution < 1.29 is 23.5 Å². The molecule has 0 aliphatic carbocycles. The van der Waals surface area contributed by atoms with Crippen molar-refractivity contribution in [3.05, 3.63) is 70.9 Å². The van der Waals surface area contributed by atoms with Gasteiger partial charge < -0.3 is 5.21 Å². The first kappa shape index (κ1) is 18.9. The number of rotatable bonds is 7. The molecular formula is C17H18N2O5S. The van der Waals surface area contributed by atoms with Crippen molar-refractivity contribution >= 4 is 22.7 Å². The molecule has 0 radical (unpaired) electrons. The van der Waals surface area contributed by atoms with Gasteiger partial charge >= 0.3 is 5.91 Å². The Hall–Kier alpha value is -2.39. The Kier molecular flexibility index (Phi) is 6.54. The molecule has 3 atom stereocenters. The van der Waals surface area contributed by atoms with Crippen molar-refractivity contribution in [3.8, 4) is 0 Å². The van der Waals surface area contributed by atoms with Gasteiger partial charge in [-0.15, -0.1) is 0 Å². The topological polar surface area (TPSA) is 111 Å². The monoisotopic (exact) mass is 362 g/mol. The molecule has 0 saturated heterocycles. The molecule has 0 aliphatic rings. The van der Waals surface area contributed by atoms with E-state index in [4.69, 9.17) is 5.21 Å². The van der Waals surface area contributed by atoms with Crippen LogP contribution in [-0.2, 0) is 22.2 Å². The summed E-state index contributed by atoms with van der Waals surface area (Å²) in [5.74, 6) is -1.06. The summed E-state index contributed by atoms with van der Waals surface area (Å²) in [4.78, 5) is 23.3. The molecule has 0 heterocycles. The summed E-state index contributed by atoms with van der Waals surface area (Å²) in [6, 6.07) is 13.3. The van der Waals surface area contributed by atoms with Crippen LogP contribution >= 0.6 is 0 Å². The molecule has 2 aromatic rings. The first-order chi connectivity index (χ1) is 11.9. The number of quaternary nitrogens is 1. The minimum absolute atomic E-state index is 0.0172. The highest BCUT2D eigenvalue weighted by Crippen LogP contribution is 2.08. The maximum absolute atomic E-state index is 12.5. The molecule has 0 bridgehead atoms. The molecule has 132 valence electrons. The molecule has 7 nitrogen and oxygen atoms in total. The van der Waals surface area contributed by atoms with Crippen LogP contribution < -0.4 is 9.95 Å². The normalized spacial score (nSPS) is 14.4. The van der Waals surface area contributed by atoms with Gasteiger partial charge in [0.25, 0.3) is 0 Å². The number of ketones is 1. The van der Waals surface area contributed by atoms with E-state index >= 15 is 0 Å². The summed E-state index contributed by atoms with van der Waals surface area (Å²) in [5.41, 5.74) is 2.59. The van der Waals surface area contributed by atoms with Gasteiger partial charge in [-0.25, -0.2) is 5.48 Å². The summed E-state index contributed by atoms with van der Waals surface area (Å²) < 4.78 is 11.7. The van der Waals surface area contributed by atoms with E-state index in [-0.39, 0.29) is 17.1 Å². The van der Waals surface area contributed by atoms with E-state index in [2.05, 4.69) is 0 Å². The van der Waals surface area contributed by atoms with E-state index < -0.39 is 27.4 Å². The summed E-state index contributed by atoms with van der Waals surface area (Å²) in [7, 11) is -2.10. The SMILES string of the molecule is CC(=O)c1ccc(S(=O)[NH+]([O-])[C@H](Cc2ccccc2)C(=O)NO)cc1. The van der Waals surface area contributed by atoms with E-state index in [9.17, 15) is 19.0 Å². The molecule has 8 heteroatoms. The third kappa shape index (κ3) is 4.80. The highest BCUT2D eigenvalue weighted by molar-refractivity contribution is 7.78. The lowest BCUT2D eigenvalue weighted by molar-refractivity contribution is -0.724. The van der Waals surface area contributed by atoms with Crippen molar-refractivity contribution in [2.75, 3.05) is 0 Å². The number of nitrogens with one attached hydrogen (secondary N) is 2. The van der Waals surface area contributed by atoms with E-state index in [1.54, 1.807) is 30.3 Å². The van der Waals surface area contributed by atoms with Crippen LogP contribution in [0.4, 0.5) is 0 Å². The van der Waals surface area contributed by atoms with Crippen LogP contribution in [0, 0.1) is 5.21 Å². The van der Waals surface area contributed by atoms with E-state index in [0.717, 1.165) is 0 Å². The molecule has 2 rings (SSSR count). The van der Waals surface area contributed by atoms with Crippen LogP contribution in [0.15, 0.2) is 59.5 Å². The van der Waals surface area contributed by atoms with Gasteiger partial charge in [0, 0.05) is 12.0 Å². The predicted octanol–water partition coefficient (Wildman–Crippen LogP) is 0.411. The Morgan fingerprint density at radius 1 is 1.16 bits per heavy atom. The van der Waals surface area contributed by atoms with Crippen molar-refractivity contribution in [1.29, 1.82) is 0 Å². The Balaban J connectivity index is 2.22. The highest BCUT2D eigenvalue weighted by Gasteiger charge is 2.30. The fraction of sp³-hybridized carbons (Fsp3) is 0.176. The van der Waals surface area contributed by atoms with Crippen molar-refractivity contribution in [3.63, 3.8) is 0 Å². The lowest BCUT2D eigenvalue weighted by Gasteiger charge is -2.27. The number of Topliss-reactive ketones (excluding diaryl/α,β-unsaturated/α-hetero) is 1. The maximum atomic E-state index is 12.5. The van der Waals surface area contributed by atoms with Crippen molar-refractivity contribution in [1.82, 2.24) is 5.48 Å². The summed E-state index contributed by atoms with van der Waals surface area (Å²) in [5, 5.41) is 21.4. The van der Waals surface area contributed by atoms with E-state index in [1.807, 2.05) is 0 Å². The maximum Gasteiger partial charge on any atom is 0.303 e. The predicted molar refractivity (Wildman–Crippen MR) is 91.0 cm³/mol. The molecule has 2 aromatic carbocycles. The van der Waals surface area contributed by atoms with Gasteiger partial charge in [0.1, 0.15) is 0 Å². The molecule has 0 spiro atoms. The van der Waals surface area contributed by atoms with Crippen molar-refractivity contribution in [2.45, 2.75) is 24.3 Å². The number of hydrogen-bond acceptors (Lipinski definition) is 5. The molecule has 0 aliphatic heterocycles. The van der Waals surface area contributed by atoms with Crippen LogP contribution in [0.3, 0.4) is 0 Å². The number of carbonyl (C=O) groups is 2. The van der Waals surface area contributed by atoms with Gasteiger partial charge in [-0.05, 0) is 24.6 Å². The van der Waals surface area contributed by atoms with E-state index in [1.165, 1.54) is 36.7 Å². The molecule has 0 fully saturated rings. The summed E-state index contributed by atoms with van der Waals surface area (Å²) in [6.45, 7) is 1.40. The molecule has 1 amide bonds. The minimum atomic E-state index is -2.10. The van der Waals surface area contributed by atoms with Gasteiger partial charge in [-0.1, -0.05) is 42.5 Å². The van der Waals surface area contributed by atoms with Gasteiger partial charge in [0.05, 0.1) is 4.90 Å². The van der Waals surface area contributed by atoms with Crippen LogP contribution in [0.25, 0.3) is 0 Å². The van der Waals surface area contributed by atoms with Crippen LogP contribution in [-0.4, -0.2) is 27.1 Å². The Bertz CT molecular complexity index is 764. The molecule has 0 aromatic heterocycles. The molecular weight excluding hydrogens is 344 g/mol. The third-order valence-corrected chi connectivity index (χ3v) is 5.00. The summed E-state index contributed by atoms with van der Waals surface area (Å²) >= 11 is 0. The fourth-order valence-corrected chi connectivity index (χ4v) is 3.33. The van der Waals surface area contributed by atoms with Crippen LogP contribution in [0.5, 0.6) is 0 Å². The number of amides is 1. The highest BCUT2D eigenvalue weighted by atomic mass is 32.2. The lowest BCUT2D eigenvalue weighted by Crippen LogP contribution is -3.13. The Morgan fingerprint density at radius 2 is 1.76 bits per heavy atom. The number of benzene rings is 2. The second-order valence-corrected chi connectivity index (χ2v) is 6.80. The quantitative estimate of drug-likeness (QED) is 0.375. The smallest absolute Gasteiger partial charge is 0.303 e. The van der Waals surface area contributed by atoms with E-state index in [0.29, 0.717) is 11.1 Å². The second-order valence-electron chi connectivity index (χ2n) is 5.39. The lowest BCUT2D eigenvalue weighted by atomic mass is 10.1. The Labute approximate surface area is 147 Å².